The maximum atomic E-state index is 13.5. The lowest BCUT2D eigenvalue weighted by atomic mass is 10.0. The van der Waals surface area contributed by atoms with Crippen LogP contribution >= 0.6 is 0 Å². The Hall–Kier alpha value is -2.75. The van der Waals surface area contributed by atoms with Crippen molar-refractivity contribution in [3.63, 3.8) is 0 Å². The van der Waals surface area contributed by atoms with Crippen molar-refractivity contribution in [2.45, 2.75) is 32.3 Å². The Kier molecular flexibility index (Phi) is 5.08. The Bertz CT molecular complexity index is 839. The number of halogens is 1. The van der Waals surface area contributed by atoms with E-state index in [0.29, 0.717) is 5.56 Å². The van der Waals surface area contributed by atoms with Crippen molar-refractivity contribution in [3.05, 3.63) is 76.6 Å². The Morgan fingerprint density at radius 2 is 1.88 bits per heavy atom. The summed E-state index contributed by atoms with van der Waals surface area (Å²) < 4.78 is 18.7. The lowest BCUT2D eigenvalue weighted by Gasteiger charge is -2.12. The van der Waals surface area contributed by atoms with Crippen LogP contribution in [0.15, 0.2) is 48.5 Å². The quantitative estimate of drug-likeness (QED) is 0.467. The third kappa shape index (κ3) is 4.02. The van der Waals surface area contributed by atoms with Gasteiger partial charge in [-0.05, 0) is 55.5 Å². The number of hydrogen-bond donors (Lipinski definition) is 0. The second-order valence-corrected chi connectivity index (χ2v) is 6.14. The number of hydrogen-bond acceptors (Lipinski definition) is 3. The molecule has 1 aliphatic carbocycles. The number of Topliss-reactive ketones (excluding diaryl/α,β-unsaturated/α-hetero) is 1. The van der Waals surface area contributed by atoms with Crippen LogP contribution in [-0.4, -0.2) is 17.9 Å². The minimum Gasteiger partial charge on any atom is -0.451 e. The first-order chi connectivity index (χ1) is 12.0. The molecule has 0 aromatic heterocycles. The van der Waals surface area contributed by atoms with E-state index in [2.05, 4.69) is 0 Å². The predicted octanol–water partition coefficient (Wildman–Crippen LogP) is 4.14. The fraction of sp³-hybridized carbons (Fsp3) is 0.238. The maximum Gasteiger partial charge on any atom is 0.331 e. The molecule has 4 heteroatoms. The molecule has 0 saturated heterocycles. The summed E-state index contributed by atoms with van der Waals surface area (Å²) in [6.45, 7) is 1.55. The molecule has 0 unspecified atom stereocenters. The predicted molar refractivity (Wildman–Crippen MR) is 93.8 cm³/mol. The average molecular weight is 338 g/mol. The van der Waals surface area contributed by atoms with Gasteiger partial charge in [-0.15, -0.1) is 0 Å². The molecule has 0 fully saturated rings. The third-order valence-electron chi connectivity index (χ3n) is 4.35. The molecular formula is C21H19FO3. The number of aryl methyl sites for hydroxylation is 2. The Morgan fingerprint density at radius 1 is 1.12 bits per heavy atom. The zero-order valence-electron chi connectivity index (χ0n) is 14.0. The van der Waals surface area contributed by atoms with E-state index in [4.69, 9.17) is 4.74 Å². The van der Waals surface area contributed by atoms with Crippen molar-refractivity contribution in [2.24, 2.45) is 0 Å². The molecule has 1 aliphatic rings. The molecule has 0 heterocycles. The monoisotopic (exact) mass is 338 g/mol. The van der Waals surface area contributed by atoms with Gasteiger partial charge >= 0.3 is 5.97 Å². The lowest BCUT2D eigenvalue weighted by Crippen LogP contribution is -2.23. The van der Waals surface area contributed by atoms with Gasteiger partial charge in [-0.3, -0.25) is 4.79 Å². The summed E-state index contributed by atoms with van der Waals surface area (Å²) >= 11 is 0. The SMILES string of the molecule is C[C@@H](OC(=O)/C=C/c1ccccc1F)C(=O)c1ccc2c(c1)CCC2. The number of ether oxygens (including phenoxy) is 1. The van der Waals surface area contributed by atoms with Crippen LogP contribution in [0.3, 0.4) is 0 Å². The summed E-state index contributed by atoms with van der Waals surface area (Å²) in [6, 6.07) is 11.8. The first kappa shape index (κ1) is 17.1. The number of fused-ring (bicyclic) bond motifs is 1. The van der Waals surface area contributed by atoms with E-state index in [-0.39, 0.29) is 11.3 Å². The van der Waals surface area contributed by atoms with E-state index >= 15 is 0 Å². The van der Waals surface area contributed by atoms with Gasteiger partial charge in [0.2, 0.25) is 5.78 Å². The molecule has 1 atom stereocenters. The topological polar surface area (TPSA) is 43.4 Å². The number of benzene rings is 2. The normalized spacial score (nSPS) is 14.3. The molecule has 2 aromatic rings. The summed E-state index contributed by atoms with van der Waals surface area (Å²) in [7, 11) is 0. The van der Waals surface area contributed by atoms with E-state index < -0.39 is 17.9 Å². The number of rotatable bonds is 5. The van der Waals surface area contributed by atoms with Crippen molar-refractivity contribution in [1.82, 2.24) is 0 Å². The van der Waals surface area contributed by atoms with E-state index in [1.165, 1.54) is 23.3 Å². The summed E-state index contributed by atoms with van der Waals surface area (Å²) in [6.07, 6.45) is 4.72. The van der Waals surface area contributed by atoms with Crippen LogP contribution in [0.5, 0.6) is 0 Å². The molecule has 0 spiro atoms. The molecule has 0 aliphatic heterocycles. The van der Waals surface area contributed by atoms with Gasteiger partial charge in [-0.2, -0.15) is 0 Å². The molecule has 2 aromatic carbocycles. The third-order valence-corrected chi connectivity index (χ3v) is 4.35. The highest BCUT2D eigenvalue weighted by molar-refractivity contribution is 6.01. The van der Waals surface area contributed by atoms with Crippen LogP contribution in [0.1, 0.15) is 40.4 Å². The van der Waals surface area contributed by atoms with Crippen molar-refractivity contribution in [3.8, 4) is 0 Å². The molecule has 25 heavy (non-hydrogen) atoms. The van der Waals surface area contributed by atoms with Crippen LogP contribution in [-0.2, 0) is 22.4 Å². The van der Waals surface area contributed by atoms with Gasteiger partial charge in [0.15, 0.2) is 6.10 Å². The Balaban J connectivity index is 1.63. The summed E-state index contributed by atoms with van der Waals surface area (Å²) in [4.78, 5) is 24.3. The number of carbonyl (C=O) groups is 2. The van der Waals surface area contributed by atoms with Crippen molar-refractivity contribution in [1.29, 1.82) is 0 Å². The van der Waals surface area contributed by atoms with Gasteiger partial charge in [0.05, 0.1) is 0 Å². The van der Waals surface area contributed by atoms with Crippen LogP contribution in [0, 0.1) is 5.82 Å². The standard InChI is InChI=1S/C21H19FO3/c1-14(21(24)18-10-9-15-6-4-7-17(15)13-18)25-20(23)12-11-16-5-2-3-8-19(16)22/h2-3,5,8-14H,4,6-7H2,1H3/b12-11+/t14-/m1/s1. The van der Waals surface area contributed by atoms with Crippen LogP contribution in [0.25, 0.3) is 6.08 Å². The summed E-state index contributed by atoms with van der Waals surface area (Å²) in [5.74, 6) is -1.33. The summed E-state index contributed by atoms with van der Waals surface area (Å²) in [5.41, 5.74) is 3.33. The average Bonchev–Trinajstić information content (AvgIpc) is 3.08. The van der Waals surface area contributed by atoms with Crippen LogP contribution in [0.2, 0.25) is 0 Å². The van der Waals surface area contributed by atoms with Crippen LogP contribution < -0.4 is 0 Å². The lowest BCUT2D eigenvalue weighted by molar-refractivity contribution is -0.140. The van der Waals surface area contributed by atoms with E-state index in [1.807, 2.05) is 12.1 Å². The van der Waals surface area contributed by atoms with Gasteiger partial charge in [-0.25, -0.2) is 9.18 Å². The first-order valence-electron chi connectivity index (χ1n) is 8.34. The molecule has 0 amide bonds. The van der Waals surface area contributed by atoms with Gasteiger partial charge in [0.1, 0.15) is 5.82 Å². The smallest absolute Gasteiger partial charge is 0.331 e. The highest BCUT2D eigenvalue weighted by atomic mass is 19.1. The highest BCUT2D eigenvalue weighted by Gasteiger charge is 2.20. The van der Waals surface area contributed by atoms with E-state index in [9.17, 15) is 14.0 Å². The van der Waals surface area contributed by atoms with Gasteiger partial charge in [0.25, 0.3) is 0 Å². The summed E-state index contributed by atoms with van der Waals surface area (Å²) in [5, 5.41) is 0. The van der Waals surface area contributed by atoms with E-state index in [1.54, 1.807) is 31.2 Å². The molecule has 0 N–H and O–H groups in total. The van der Waals surface area contributed by atoms with Gasteiger partial charge < -0.3 is 4.74 Å². The molecule has 3 rings (SSSR count). The largest absolute Gasteiger partial charge is 0.451 e. The highest BCUT2D eigenvalue weighted by Crippen LogP contribution is 2.23. The Morgan fingerprint density at radius 3 is 2.68 bits per heavy atom. The number of esters is 1. The fourth-order valence-electron chi connectivity index (χ4n) is 2.99. The zero-order valence-corrected chi connectivity index (χ0v) is 14.0. The van der Waals surface area contributed by atoms with Crippen molar-refractivity contribution >= 4 is 17.8 Å². The van der Waals surface area contributed by atoms with Crippen molar-refractivity contribution < 1.29 is 18.7 Å². The van der Waals surface area contributed by atoms with Crippen LogP contribution in [0.4, 0.5) is 4.39 Å². The minimum atomic E-state index is -0.891. The fourth-order valence-corrected chi connectivity index (χ4v) is 2.99. The molecule has 0 saturated carbocycles. The molecule has 0 bridgehead atoms. The van der Waals surface area contributed by atoms with E-state index in [0.717, 1.165) is 25.3 Å². The molecule has 128 valence electrons. The first-order valence-corrected chi connectivity index (χ1v) is 8.34. The second-order valence-electron chi connectivity index (χ2n) is 6.14. The van der Waals surface area contributed by atoms with Gasteiger partial charge in [-0.1, -0.05) is 30.3 Å². The second kappa shape index (κ2) is 7.43. The minimum absolute atomic E-state index is 0.234. The molecule has 3 nitrogen and oxygen atoms in total. The number of ketones is 1. The molecule has 0 radical (unpaired) electrons. The Labute approximate surface area is 146 Å². The number of carbonyl (C=O) groups excluding carboxylic acids is 2. The zero-order chi connectivity index (χ0) is 17.8. The van der Waals surface area contributed by atoms with Gasteiger partial charge in [0, 0.05) is 17.2 Å². The molecular weight excluding hydrogens is 319 g/mol. The maximum absolute atomic E-state index is 13.5. The van der Waals surface area contributed by atoms with Crippen molar-refractivity contribution in [2.75, 3.05) is 0 Å².